The summed E-state index contributed by atoms with van der Waals surface area (Å²) >= 11 is 0. The standard InChI is InChI=1S/C32H29N7O2/c1-20(35-31(40)28-21(2)36-38-17-9-16-33-30(28)38)27-18-24-11-8-10-23(14-15-25-19-34-37(4)22(25)3)29(24)32(41)39(27)26-12-6-5-7-13-26/h5-20H,1-4H3,(H,35,40)/b15-14+/t20-/m1/s1. The van der Waals surface area contributed by atoms with Crippen LogP contribution >= 0.6 is 0 Å². The first-order valence-electron chi connectivity index (χ1n) is 13.3. The van der Waals surface area contributed by atoms with Crippen LogP contribution in [0, 0.1) is 13.8 Å². The molecule has 0 saturated carbocycles. The summed E-state index contributed by atoms with van der Waals surface area (Å²) in [6, 6.07) is 18.5. The summed E-state index contributed by atoms with van der Waals surface area (Å²) in [4.78, 5) is 32.1. The fraction of sp³-hybridized carbons (Fsp3) is 0.156. The zero-order valence-electron chi connectivity index (χ0n) is 23.2. The summed E-state index contributed by atoms with van der Waals surface area (Å²) < 4.78 is 5.09. The molecule has 0 spiro atoms. The summed E-state index contributed by atoms with van der Waals surface area (Å²) in [5.41, 5.74) is 5.50. The summed E-state index contributed by atoms with van der Waals surface area (Å²) in [6.45, 7) is 5.66. The van der Waals surface area contributed by atoms with E-state index in [9.17, 15) is 9.59 Å². The highest BCUT2D eigenvalue weighted by molar-refractivity contribution is 6.01. The van der Waals surface area contributed by atoms with Gasteiger partial charge in [0.15, 0.2) is 5.65 Å². The fourth-order valence-corrected chi connectivity index (χ4v) is 5.17. The van der Waals surface area contributed by atoms with Gasteiger partial charge in [0.2, 0.25) is 0 Å². The van der Waals surface area contributed by atoms with Gasteiger partial charge in [0.1, 0.15) is 5.56 Å². The van der Waals surface area contributed by atoms with Gasteiger partial charge in [-0.15, -0.1) is 0 Å². The molecule has 1 amide bonds. The molecule has 0 unspecified atom stereocenters. The van der Waals surface area contributed by atoms with Crippen molar-refractivity contribution in [2.24, 2.45) is 7.05 Å². The number of para-hydroxylation sites is 1. The van der Waals surface area contributed by atoms with Crippen molar-refractivity contribution < 1.29 is 4.79 Å². The Kier molecular flexibility index (Phi) is 6.55. The Hall–Kier alpha value is -5.31. The maximum absolute atomic E-state index is 14.3. The predicted octanol–water partition coefficient (Wildman–Crippen LogP) is 5.05. The van der Waals surface area contributed by atoms with Gasteiger partial charge in [-0.05, 0) is 56.0 Å². The number of nitrogens with zero attached hydrogens (tertiary/aromatic N) is 6. The van der Waals surface area contributed by atoms with Crippen molar-refractivity contribution >= 4 is 34.5 Å². The van der Waals surface area contributed by atoms with Crippen molar-refractivity contribution in [3.05, 3.63) is 123 Å². The van der Waals surface area contributed by atoms with Crippen LogP contribution in [0.1, 0.15) is 51.5 Å². The Labute approximate surface area is 236 Å². The molecule has 6 rings (SSSR count). The van der Waals surface area contributed by atoms with Crippen LogP contribution in [0.3, 0.4) is 0 Å². The number of amides is 1. The molecular formula is C32H29N7O2. The van der Waals surface area contributed by atoms with Crippen LogP contribution in [-0.2, 0) is 7.05 Å². The Bertz CT molecular complexity index is 2020. The quantitative estimate of drug-likeness (QED) is 0.317. The lowest BCUT2D eigenvalue weighted by molar-refractivity contribution is 0.0939. The van der Waals surface area contributed by atoms with Crippen molar-refractivity contribution in [2.75, 3.05) is 0 Å². The number of pyridine rings is 1. The number of aromatic nitrogens is 6. The van der Waals surface area contributed by atoms with Crippen molar-refractivity contribution in [1.82, 2.24) is 34.3 Å². The third kappa shape index (κ3) is 4.61. The Balaban J connectivity index is 1.47. The average molecular weight is 544 g/mol. The van der Waals surface area contributed by atoms with Crippen LogP contribution in [0.15, 0.2) is 84.0 Å². The van der Waals surface area contributed by atoms with E-state index in [4.69, 9.17) is 0 Å². The molecular weight excluding hydrogens is 514 g/mol. The smallest absolute Gasteiger partial charge is 0.263 e. The Morgan fingerprint density at radius 3 is 2.54 bits per heavy atom. The maximum Gasteiger partial charge on any atom is 0.263 e. The number of aryl methyl sites for hydroxylation is 2. The molecule has 9 nitrogen and oxygen atoms in total. The van der Waals surface area contributed by atoms with Crippen LogP contribution in [0.25, 0.3) is 34.3 Å². The lowest BCUT2D eigenvalue weighted by atomic mass is 10.0. The highest BCUT2D eigenvalue weighted by atomic mass is 16.2. The largest absolute Gasteiger partial charge is 0.344 e. The molecule has 0 fully saturated rings. The minimum atomic E-state index is -0.505. The number of rotatable bonds is 6. The van der Waals surface area contributed by atoms with Crippen molar-refractivity contribution in [3.8, 4) is 5.69 Å². The van der Waals surface area contributed by atoms with E-state index in [2.05, 4.69) is 20.5 Å². The second kappa shape index (κ2) is 10.3. The van der Waals surface area contributed by atoms with Gasteiger partial charge in [0.25, 0.3) is 11.5 Å². The van der Waals surface area contributed by atoms with E-state index in [-0.39, 0.29) is 11.5 Å². The fourth-order valence-electron chi connectivity index (χ4n) is 5.17. The molecule has 41 heavy (non-hydrogen) atoms. The van der Waals surface area contributed by atoms with Gasteiger partial charge in [0, 0.05) is 42.1 Å². The number of benzene rings is 2. The molecule has 4 heterocycles. The number of carbonyl (C=O) groups excluding carboxylic acids is 1. The highest BCUT2D eigenvalue weighted by Gasteiger charge is 2.23. The van der Waals surface area contributed by atoms with E-state index in [1.807, 2.05) is 98.5 Å². The van der Waals surface area contributed by atoms with Gasteiger partial charge in [-0.3, -0.25) is 18.8 Å². The first kappa shape index (κ1) is 25.9. The SMILES string of the molecule is Cc1nn2cccnc2c1C(=O)N[C@H](C)c1cc2cccc(/C=C/c3cnn(C)c3C)c2c(=O)n1-c1ccccc1. The van der Waals surface area contributed by atoms with Crippen molar-refractivity contribution in [3.63, 3.8) is 0 Å². The lowest BCUT2D eigenvalue weighted by Gasteiger charge is -2.21. The van der Waals surface area contributed by atoms with Crippen LogP contribution in [0.4, 0.5) is 0 Å². The van der Waals surface area contributed by atoms with Gasteiger partial charge < -0.3 is 5.32 Å². The van der Waals surface area contributed by atoms with Crippen LogP contribution in [-0.4, -0.2) is 34.9 Å². The molecule has 0 aliphatic carbocycles. The molecule has 2 aromatic carbocycles. The van der Waals surface area contributed by atoms with Gasteiger partial charge in [-0.1, -0.05) is 48.6 Å². The summed E-state index contributed by atoms with van der Waals surface area (Å²) in [5.74, 6) is -0.306. The average Bonchev–Trinajstić information content (AvgIpc) is 3.49. The number of hydrogen-bond donors (Lipinski definition) is 1. The van der Waals surface area contributed by atoms with E-state index in [0.29, 0.717) is 33.7 Å². The number of nitrogens with one attached hydrogen (secondary N) is 1. The molecule has 9 heteroatoms. The first-order valence-corrected chi connectivity index (χ1v) is 13.3. The maximum atomic E-state index is 14.3. The monoisotopic (exact) mass is 543 g/mol. The number of fused-ring (bicyclic) bond motifs is 2. The summed E-state index contributed by atoms with van der Waals surface area (Å²) in [7, 11) is 1.90. The van der Waals surface area contributed by atoms with Crippen molar-refractivity contribution in [1.29, 1.82) is 0 Å². The molecule has 0 aliphatic rings. The van der Waals surface area contributed by atoms with E-state index in [1.165, 1.54) is 0 Å². The van der Waals surface area contributed by atoms with E-state index in [0.717, 1.165) is 22.2 Å². The van der Waals surface area contributed by atoms with E-state index >= 15 is 0 Å². The Morgan fingerprint density at radius 2 is 1.78 bits per heavy atom. The second-order valence-electron chi connectivity index (χ2n) is 10.0. The number of hydrogen-bond acceptors (Lipinski definition) is 5. The number of carbonyl (C=O) groups is 1. The molecule has 1 N–H and O–H groups in total. The van der Waals surface area contributed by atoms with Crippen LogP contribution < -0.4 is 10.9 Å². The lowest BCUT2D eigenvalue weighted by Crippen LogP contribution is -2.32. The minimum absolute atomic E-state index is 0.165. The normalized spacial score (nSPS) is 12.4. The van der Waals surface area contributed by atoms with Crippen LogP contribution in [0.2, 0.25) is 0 Å². The topological polar surface area (TPSA) is 99.1 Å². The molecule has 0 saturated heterocycles. The van der Waals surface area contributed by atoms with Gasteiger partial charge in [-0.25, -0.2) is 9.50 Å². The van der Waals surface area contributed by atoms with Crippen molar-refractivity contribution in [2.45, 2.75) is 26.8 Å². The molecule has 6 aromatic rings. The molecule has 0 radical (unpaired) electrons. The zero-order valence-corrected chi connectivity index (χ0v) is 23.2. The third-order valence-electron chi connectivity index (χ3n) is 7.43. The first-order chi connectivity index (χ1) is 19.8. The Morgan fingerprint density at radius 1 is 1.00 bits per heavy atom. The second-order valence-corrected chi connectivity index (χ2v) is 10.0. The molecule has 204 valence electrons. The summed E-state index contributed by atoms with van der Waals surface area (Å²) in [6.07, 6.45) is 9.13. The summed E-state index contributed by atoms with van der Waals surface area (Å²) in [5, 5.41) is 13.2. The highest BCUT2D eigenvalue weighted by Crippen LogP contribution is 2.25. The minimum Gasteiger partial charge on any atom is -0.344 e. The van der Waals surface area contributed by atoms with E-state index < -0.39 is 6.04 Å². The van der Waals surface area contributed by atoms with E-state index in [1.54, 1.807) is 34.5 Å². The van der Waals surface area contributed by atoms with Gasteiger partial charge in [0.05, 0.1) is 23.3 Å². The third-order valence-corrected chi connectivity index (χ3v) is 7.43. The molecule has 0 aliphatic heterocycles. The predicted molar refractivity (Wildman–Crippen MR) is 160 cm³/mol. The van der Waals surface area contributed by atoms with Gasteiger partial charge >= 0.3 is 0 Å². The molecule has 1 atom stereocenters. The molecule has 4 aromatic heterocycles. The van der Waals surface area contributed by atoms with Gasteiger partial charge in [-0.2, -0.15) is 10.2 Å². The zero-order chi connectivity index (χ0) is 28.7. The molecule has 0 bridgehead atoms. The van der Waals surface area contributed by atoms with Crippen LogP contribution in [0.5, 0.6) is 0 Å².